The molecule has 1 amide bonds. The number of furan rings is 1. The van der Waals surface area contributed by atoms with Gasteiger partial charge in [-0.25, -0.2) is 0 Å². The summed E-state index contributed by atoms with van der Waals surface area (Å²) in [5, 5.41) is 12.9. The average Bonchev–Trinajstić information content (AvgIpc) is 3.46. The minimum absolute atomic E-state index is 0.0131. The Morgan fingerprint density at radius 3 is 2.48 bits per heavy atom. The zero-order valence-corrected chi connectivity index (χ0v) is 19.4. The molecule has 168 valence electrons. The van der Waals surface area contributed by atoms with E-state index in [1.54, 1.807) is 30.5 Å². The second kappa shape index (κ2) is 10.5. The van der Waals surface area contributed by atoms with E-state index in [-0.39, 0.29) is 11.7 Å². The lowest BCUT2D eigenvalue weighted by Crippen LogP contribution is -2.12. The van der Waals surface area contributed by atoms with Gasteiger partial charge >= 0.3 is 0 Å². The van der Waals surface area contributed by atoms with Gasteiger partial charge in [0.2, 0.25) is 5.91 Å². The van der Waals surface area contributed by atoms with Gasteiger partial charge in [0.15, 0.2) is 16.8 Å². The summed E-state index contributed by atoms with van der Waals surface area (Å²) < 4.78 is 7.48. The molecule has 0 fully saturated rings. The van der Waals surface area contributed by atoms with E-state index < -0.39 is 0 Å². The van der Waals surface area contributed by atoms with Crippen LogP contribution >= 0.6 is 23.4 Å². The molecule has 2 aromatic carbocycles. The number of carbonyl (C=O) groups excluding carboxylic acids is 2. The minimum Gasteiger partial charge on any atom is -0.467 e. The number of hydrogen-bond acceptors (Lipinski definition) is 6. The SMILES string of the molecule is CC(=O)c1ccc(NC(=O)CCSc2nnc(-c3ccc(Cl)cc3)n2Cc2ccco2)cc1. The Morgan fingerprint density at radius 2 is 1.82 bits per heavy atom. The number of thioether (sulfide) groups is 1. The molecule has 2 aromatic heterocycles. The molecule has 0 bridgehead atoms. The van der Waals surface area contributed by atoms with E-state index in [1.165, 1.54) is 18.7 Å². The predicted molar refractivity (Wildman–Crippen MR) is 129 cm³/mol. The molecule has 0 unspecified atom stereocenters. The van der Waals surface area contributed by atoms with Crippen LogP contribution in [-0.4, -0.2) is 32.2 Å². The smallest absolute Gasteiger partial charge is 0.225 e. The average molecular weight is 481 g/mol. The van der Waals surface area contributed by atoms with Crippen molar-refractivity contribution in [3.05, 3.63) is 83.3 Å². The largest absolute Gasteiger partial charge is 0.467 e. The van der Waals surface area contributed by atoms with Crippen molar-refractivity contribution in [3.63, 3.8) is 0 Å². The van der Waals surface area contributed by atoms with Crippen molar-refractivity contribution in [2.45, 2.75) is 25.0 Å². The maximum absolute atomic E-state index is 12.4. The van der Waals surface area contributed by atoms with Crippen molar-refractivity contribution in [2.75, 3.05) is 11.1 Å². The lowest BCUT2D eigenvalue weighted by molar-refractivity contribution is -0.115. The molecular weight excluding hydrogens is 460 g/mol. The molecule has 2 heterocycles. The quantitative estimate of drug-likeness (QED) is 0.249. The Balaban J connectivity index is 1.42. The highest BCUT2D eigenvalue weighted by molar-refractivity contribution is 7.99. The molecule has 0 saturated heterocycles. The summed E-state index contributed by atoms with van der Waals surface area (Å²) in [6, 6.07) is 18.0. The van der Waals surface area contributed by atoms with Crippen LogP contribution in [0.1, 0.15) is 29.5 Å². The van der Waals surface area contributed by atoms with Gasteiger partial charge in [0.1, 0.15) is 5.76 Å². The predicted octanol–water partition coefficient (Wildman–Crippen LogP) is 5.56. The van der Waals surface area contributed by atoms with Gasteiger partial charge < -0.3 is 9.73 Å². The third-order valence-corrected chi connectivity index (χ3v) is 6.07. The van der Waals surface area contributed by atoms with Crippen molar-refractivity contribution in [1.82, 2.24) is 14.8 Å². The summed E-state index contributed by atoms with van der Waals surface area (Å²) >= 11 is 7.47. The van der Waals surface area contributed by atoms with E-state index in [2.05, 4.69) is 15.5 Å². The maximum atomic E-state index is 12.4. The van der Waals surface area contributed by atoms with E-state index in [9.17, 15) is 9.59 Å². The number of halogens is 1. The number of carbonyl (C=O) groups is 2. The number of nitrogens with one attached hydrogen (secondary N) is 1. The van der Waals surface area contributed by atoms with E-state index >= 15 is 0 Å². The summed E-state index contributed by atoms with van der Waals surface area (Å²) in [5.74, 6) is 1.86. The Hall–Kier alpha value is -3.36. The molecule has 1 N–H and O–H groups in total. The topological polar surface area (TPSA) is 90.0 Å². The molecule has 0 saturated carbocycles. The summed E-state index contributed by atoms with van der Waals surface area (Å²) in [5.41, 5.74) is 2.15. The number of benzene rings is 2. The third kappa shape index (κ3) is 5.91. The van der Waals surface area contributed by atoms with Crippen LogP contribution in [-0.2, 0) is 11.3 Å². The Kier molecular flexibility index (Phi) is 7.26. The van der Waals surface area contributed by atoms with Gasteiger partial charge in [-0.2, -0.15) is 0 Å². The molecule has 0 atom stereocenters. The molecule has 4 rings (SSSR count). The van der Waals surface area contributed by atoms with Crippen LogP contribution in [0, 0.1) is 0 Å². The Labute approximate surface area is 200 Å². The first kappa shape index (κ1) is 22.8. The van der Waals surface area contributed by atoms with Crippen molar-refractivity contribution in [1.29, 1.82) is 0 Å². The van der Waals surface area contributed by atoms with E-state index in [1.807, 2.05) is 41.0 Å². The van der Waals surface area contributed by atoms with Crippen LogP contribution in [0.2, 0.25) is 5.02 Å². The van der Waals surface area contributed by atoms with Gasteiger partial charge in [-0.15, -0.1) is 10.2 Å². The maximum Gasteiger partial charge on any atom is 0.225 e. The van der Waals surface area contributed by atoms with Crippen LogP contribution < -0.4 is 5.32 Å². The van der Waals surface area contributed by atoms with Crippen molar-refractivity contribution < 1.29 is 14.0 Å². The number of aromatic nitrogens is 3. The highest BCUT2D eigenvalue weighted by atomic mass is 35.5. The first-order valence-electron chi connectivity index (χ1n) is 10.2. The van der Waals surface area contributed by atoms with Crippen molar-refractivity contribution in [3.8, 4) is 11.4 Å². The molecule has 9 heteroatoms. The standard InChI is InChI=1S/C24H21ClN4O3S/c1-16(30)17-6-10-20(11-7-17)26-22(31)12-14-33-24-28-27-23(18-4-8-19(25)9-5-18)29(24)15-21-3-2-13-32-21/h2-11,13H,12,14-15H2,1H3,(H,26,31). The zero-order chi connectivity index (χ0) is 23.2. The fourth-order valence-corrected chi connectivity index (χ4v) is 4.16. The normalized spacial score (nSPS) is 10.8. The molecule has 7 nitrogen and oxygen atoms in total. The lowest BCUT2D eigenvalue weighted by Gasteiger charge is -2.09. The van der Waals surface area contributed by atoms with Gasteiger partial charge in [0.25, 0.3) is 0 Å². The van der Waals surface area contributed by atoms with E-state index in [0.29, 0.717) is 46.0 Å². The summed E-state index contributed by atoms with van der Waals surface area (Å²) in [7, 11) is 0. The Morgan fingerprint density at radius 1 is 1.06 bits per heavy atom. The number of amides is 1. The van der Waals surface area contributed by atoms with Crippen LogP contribution in [0.3, 0.4) is 0 Å². The number of nitrogens with zero attached hydrogens (tertiary/aromatic N) is 3. The van der Waals surface area contributed by atoms with Crippen LogP contribution in [0.4, 0.5) is 5.69 Å². The van der Waals surface area contributed by atoms with Crippen LogP contribution in [0.5, 0.6) is 0 Å². The first-order valence-corrected chi connectivity index (χ1v) is 11.6. The highest BCUT2D eigenvalue weighted by Gasteiger charge is 2.16. The van der Waals surface area contributed by atoms with Gasteiger partial charge in [-0.1, -0.05) is 23.4 Å². The minimum atomic E-state index is -0.118. The second-order valence-corrected chi connectivity index (χ2v) is 8.76. The fourth-order valence-electron chi connectivity index (χ4n) is 3.16. The molecule has 0 aliphatic carbocycles. The molecule has 4 aromatic rings. The molecule has 0 aliphatic heterocycles. The summed E-state index contributed by atoms with van der Waals surface area (Å²) in [4.78, 5) is 23.7. The van der Waals surface area contributed by atoms with Crippen molar-refractivity contribution >= 4 is 40.7 Å². The van der Waals surface area contributed by atoms with E-state index in [0.717, 1.165) is 11.3 Å². The molecular formula is C24H21ClN4O3S. The van der Waals surface area contributed by atoms with Gasteiger partial charge in [0.05, 0.1) is 12.8 Å². The fraction of sp³-hybridized carbons (Fsp3) is 0.167. The van der Waals surface area contributed by atoms with Gasteiger partial charge in [-0.05, 0) is 67.6 Å². The number of rotatable bonds is 9. The van der Waals surface area contributed by atoms with Crippen LogP contribution in [0.25, 0.3) is 11.4 Å². The van der Waals surface area contributed by atoms with Gasteiger partial charge in [-0.3, -0.25) is 14.2 Å². The van der Waals surface area contributed by atoms with Crippen LogP contribution in [0.15, 0.2) is 76.5 Å². The number of hydrogen-bond donors (Lipinski definition) is 1. The molecule has 33 heavy (non-hydrogen) atoms. The molecule has 0 radical (unpaired) electrons. The van der Waals surface area contributed by atoms with E-state index in [4.69, 9.17) is 16.0 Å². The number of ketones is 1. The monoisotopic (exact) mass is 480 g/mol. The Bertz CT molecular complexity index is 1240. The molecule has 0 spiro atoms. The summed E-state index contributed by atoms with van der Waals surface area (Å²) in [6.45, 7) is 1.97. The number of anilines is 1. The zero-order valence-electron chi connectivity index (χ0n) is 17.8. The highest BCUT2D eigenvalue weighted by Crippen LogP contribution is 2.27. The second-order valence-electron chi connectivity index (χ2n) is 7.26. The number of Topliss-reactive ketones (excluding diaryl/α,β-unsaturated/α-hetero) is 1. The van der Waals surface area contributed by atoms with Crippen molar-refractivity contribution in [2.24, 2.45) is 0 Å². The van der Waals surface area contributed by atoms with Gasteiger partial charge in [0, 0.05) is 34.0 Å². The lowest BCUT2D eigenvalue weighted by atomic mass is 10.1. The third-order valence-electron chi connectivity index (χ3n) is 4.85. The summed E-state index contributed by atoms with van der Waals surface area (Å²) in [6.07, 6.45) is 1.92. The molecule has 0 aliphatic rings. The first-order chi connectivity index (χ1) is 16.0.